The van der Waals surface area contributed by atoms with Crippen molar-refractivity contribution >= 4 is 11.5 Å². The molecule has 1 aromatic heterocycles. The Morgan fingerprint density at radius 2 is 2.38 bits per heavy atom. The lowest BCUT2D eigenvalue weighted by atomic mass is 10.1. The van der Waals surface area contributed by atoms with Crippen molar-refractivity contribution < 1.29 is 0 Å². The molecule has 2 heterocycles. The van der Waals surface area contributed by atoms with Crippen LogP contribution < -0.4 is 5.32 Å². The number of pyridine rings is 1. The van der Waals surface area contributed by atoms with E-state index in [2.05, 4.69) is 21.4 Å². The van der Waals surface area contributed by atoms with Crippen molar-refractivity contribution in [1.29, 1.82) is 0 Å². The first-order valence-electron chi connectivity index (χ1n) is 4.58. The Bertz CT molecular complexity index is 331. The van der Waals surface area contributed by atoms with Crippen LogP contribution in [0.3, 0.4) is 0 Å². The van der Waals surface area contributed by atoms with Crippen molar-refractivity contribution in [3.05, 3.63) is 23.9 Å². The molecule has 0 aliphatic carbocycles. The number of hydrogen-bond donors (Lipinski definition) is 1. The summed E-state index contributed by atoms with van der Waals surface area (Å²) in [5.41, 5.74) is 2.35. The molecule has 3 heteroatoms. The van der Waals surface area contributed by atoms with Crippen LogP contribution in [0.2, 0.25) is 0 Å². The fourth-order valence-electron chi connectivity index (χ4n) is 1.60. The zero-order chi connectivity index (χ0) is 9.10. The predicted octanol–water partition coefficient (Wildman–Crippen LogP) is 1.71. The van der Waals surface area contributed by atoms with Crippen LogP contribution in [0.15, 0.2) is 23.3 Å². The molecule has 1 aromatic rings. The first kappa shape index (κ1) is 8.23. The number of rotatable bonds is 2. The van der Waals surface area contributed by atoms with E-state index in [9.17, 15) is 0 Å². The van der Waals surface area contributed by atoms with E-state index < -0.39 is 0 Å². The van der Waals surface area contributed by atoms with Crippen LogP contribution >= 0.6 is 0 Å². The molecule has 0 saturated heterocycles. The number of anilines is 1. The van der Waals surface area contributed by atoms with Gasteiger partial charge >= 0.3 is 0 Å². The average molecular weight is 175 g/mol. The van der Waals surface area contributed by atoms with Gasteiger partial charge in [0, 0.05) is 31.1 Å². The van der Waals surface area contributed by atoms with Gasteiger partial charge in [-0.2, -0.15) is 0 Å². The lowest BCUT2D eigenvalue weighted by Gasteiger charge is -2.06. The van der Waals surface area contributed by atoms with Crippen LogP contribution in [-0.4, -0.2) is 24.3 Å². The molecule has 0 amide bonds. The summed E-state index contributed by atoms with van der Waals surface area (Å²) < 4.78 is 0. The van der Waals surface area contributed by atoms with Crippen molar-refractivity contribution in [2.24, 2.45) is 4.99 Å². The summed E-state index contributed by atoms with van der Waals surface area (Å²) in [5, 5.41) is 3.08. The van der Waals surface area contributed by atoms with Gasteiger partial charge in [0.25, 0.3) is 0 Å². The molecule has 0 fully saturated rings. The molecule has 3 nitrogen and oxygen atoms in total. The number of nitrogens with one attached hydrogen (secondary N) is 1. The smallest absolute Gasteiger partial charge is 0.134 e. The molecule has 0 unspecified atom stereocenters. The molecular formula is C10H13N3. The molecule has 0 spiro atoms. The lowest BCUT2D eigenvalue weighted by molar-refractivity contribution is 0.951. The molecule has 68 valence electrons. The van der Waals surface area contributed by atoms with Crippen LogP contribution in [0.5, 0.6) is 0 Å². The van der Waals surface area contributed by atoms with Gasteiger partial charge in [-0.3, -0.25) is 4.99 Å². The van der Waals surface area contributed by atoms with E-state index in [1.54, 1.807) is 6.20 Å². The monoisotopic (exact) mass is 175 g/mol. The first-order valence-corrected chi connectivity index (χ1v) is 4.58. The Morgan fingerprint density at radius 3 is 3.08 bits per heavy atom. The Kier molecular flexibility index (Phi) is 2.25. The quantitative estimate of drug-likeness (QED) is 0.743. The Balaban J connectivity index is 2.38. The molecule has 0 bridgehead atoms. The second kappa shape index (κ2) is 3.56. The summed E-state index contributed by atoms with van der Waals surface area (Å²) in [6.07, 6.45) is 4.05. The van der Waals surface area contributed by atoms with Gasteiger partial charge in [0.15, 0.2) is 0 Å². The Morgan fingerprint density at radius 1 is 1.46 bits per heavy atom. The zero-order valence-corrected chi connectivity index (χ0v) is 7.75. The largest absolute Gasteiger partial charge is 0.373 e. The number of nitrogens with zero attached hydrogens (tertiary/aromatic N) is 2. The molecular weight excluding hydrogens is 162 g/mol. The van der Waals surface area contributed by atoms with Gasteiger partial charge in [0.05, 0.1) is 0 Å². The average Bonchev–Trinajstić information content (AvgIpc) is 2.70. The van der Waals surface area contributed by atoms with Gasteiger partial charge in [-0.1, -0.05) is 0 Å². The van der Waals surface area contributed by atoms with E-state index in [0.717, 1.165) is 24.3 Å². The number of hydrogen-bond acceptors (Lipinski definition) is 3. The van der Waals surface area contributed by atoms with E-state index >= 15 is 0 Å². The van der Waals surface area contributed by atoms with E-state index in [-0.39, 0.29) is 0 Å². The van der Waals surface area contributed by atoms with Crippen LogP contribution in [0, 0.1) is 0 Å². The van der Waals surface area contributed by atoms with E-state index in [0.29, 0.717) is 0 Å². The molecule has 13 heavy (non-hydrogen) atoms. The van der Waals surface area contributed by atoms with Gasteiger partial charge in [-0.15, -0.1) is 0 Å². The van der Waals surface area contributed by atoms with Crippen LogP contribution in [0.25, 0.3) is 0 Å². The van der Waals surface area contributed by atoms with Crippen molar-refractivity contribution in [2.45, 2.75) is 12.8 Å². The molecule has 0 saturated carbocycles. The maximum Gasteiger partial charge on any atom is 0.134 e. The normalized spacial score (nSPS) is 15.6. The van der Waals surface area contributed by atoms with Gasteiger partial charge in [-0.05, 0) is 25.0 Å². The molecule has 2 rings (SSSR count). The number of aliphatic imine (C=N–C) groups is 1. The molecule has 1 aliphatic heterocycles. The third kappa shape index (κ3) is 1.54. The maximum absolute atomic E-state index is 4.45. The highest BCUT2D eigenvalue weighted by atomic mass is 15.0. The molecule has 0 atom stereocenters. The zero-order valence-electron chi connectivity index (χ0n) is 7.75. The van der Waals surface area contributed by atoms with Crippen molar-refractivity contribution in [3.8, 4) is 0 Å². The summed E-state index contributed by atoms with van der Waals surface area (Å²) in [7, 11) is 1.89. The van der Waals surface area contributed by atoms with E-state index in [4.69, 9.17) is 0 Å². The number of aromatic nitrogens is 1. The summed E-state index contributed by atoms with van der Waals surface area (Å²) in [6.45, 7) is 0.966. The fourth-order valence-corrected chi connectivity index (χ4v) is 1.60. The molecule has 0 aromatic carbocycles. The molecule has 0 radical (unpaired) electrons. The third-order valence-electron chi connectivity index (χ3n) is 2.23. The highest BCUT2D eigenvalue weighted by Crippen LogP contribution is 2.18. The maximum atomic E-state index is 4.45. The second-order valence-corrected chi connectivity index (χ2v) is 3.08. The molecule has 1 N–H and O–H groups in total. The summed E-state index contributed by atoms with van der Waals surface area (Å²) in [4.78, 5) is 8.70. The van der Waals surface area contributed by atoms with Gasteiger partial charge in [0.2, 0.25) is 0 Å². The minimum Gasteiger partial charge on any atom is -0.373 e. The topological polar surface area (TPSA) is 37.3 Å². The van der Waals surface area contributed by atoms with E-state index in [1.807, 2.05) is 13.1 Å². The highest BCUT2D eigenvalue weighted by molar-refractivity contribution is 6.05. The first-order chi connectivity index (χ1) is 6.42. The minimum absolute atomic E-state index is 0.933. The van der Waals surface area contributed by atoms with Crippen molar-refractivity contribution in [3.63, 3.8) is 0 Å². The SMILES string of the molecule is CNc1ncccc1C1=NCCC1. The van der Waals surface area contributed by atoms with Crippen LogP contribution in [-0.2, 0) is 0 Å². The van der Waals surface area contributed by atoms with Gasteiger partial charge in [-0.25, -0.2) is 4.98 Å². The predicted molar refractivity (Wildman–Crippen MR) is 54.4 cm³/mol. The Labute approximate surface area is 77.9 Å². The summed E-state index contributed by atoms with van der Waals surface area (Å²) in [5.74, 6) is 0.933. The standard InChI is InChI=1S/C10H13N3/c1-11-10-8(4-2-7-13-10)9-5-3-6-12-9/h2,4,7H,3,5-6H2,1H3,(H,11,13). The van der Waals surface area contributed by atoms with Gasteiger partial charge in [0.1, 0.15) is 5.82 Å². The van der Waals surface area contributed by atoms with Crippen molar-refractivity contribution in [2.75, 3.05) is 18.9 Å². The molecule has 1 aliphatic rings. The van der Waals surface area contributed by atoms with Crippen LogP contribution in [0.1, 0.15) is 18.4 Å². The Hall–Kier alpha value is -1.38. The van der Waals surface area contributed by atoms with Crippen LogP contribution in [0.4, 0.5) is 5.82 Å². The minimum atomic E-state index is 0.933. The summed E-state index contributed by atoms with van der Waals surface area (Å²) >= 11 is 0. The fraction of sp³-hybridized carbons (Fsp3) is 0.400. The van der Waals surface area contributed by atoms with E-state index in [1.165, 1.54) is 12.1 Å². The lowest BCUT2D eigenvalue weighted by Crippen LogP contribution is -2.03. The third-order valence-corrected chi connectivity index (χ3v) is 2.23. The van der Waals surface area contributed by atoms with Crippen molar-refractivity contribution in [1.82, 2.24) is 4.98 Å². The highest BCUT2D eigenvalue weighted by Gasteiger charge is 2.12. The van der Waals surface area contributed by atoms with Gasteiger partial charge < -0.3 is 5.32 Å². The second-order valence-electron chi connectivity index (χ2n) is 3.08. The summed E-state index contributed by atoms with van der Waals surface area (Å²) in [6, 6.07) is 4.03.